The summed E-state index contributed by atoms with van der Waals surface area (Å²) in [6, 6.07) is 3.62. The molecule has 1 aliphatic rings. The summed E-state index contributed by atoms with van der Waals surface area (Å²) >= 11 is 0. The molecule has 0 aromatic carbocycles. The van der Waals surface area contributed by atoms with Crippen molar-refractivity contribution in [3.63, 3.8) is 0 Å². The lowest BCUT2D eigenvalue weighted by Gasteiger charge is -2.34. The maximum absolute atomic E-state index is 12.5. The molecule has 4 N–H and O–H groups in total. The number of nitrogen functional groups attached to an aromatic ring is 1. The van der Waals surface area contributed by atoms with E-state index in [0.29, 0.717) is 18.8 Å². The average molecular weight is 247 g/mol. The van der Waals surface area contributed by atoms with E-state index in [2.05, 4.69) is 4.98 Å². The minimum Gasteiger partial charge on any atom is -0.384 e. The molecule has 0 radical (unpaired) electrons. The molecule has 1 fully saturated rings. The van der Waals surface area contributed by atoms with E-state index >= 15 is 0 Å². The van der Waals surface area contributed by atoms with Crippen LogP contribution in [0.2, 0.25) is 0 Å². The zero-order chi connectivity index (χ0) is 13.0. The van der Waals surface area contributed by atoms with E-state index in [1.54, 1.807) is 12.3 Å². The van der Waals surface area contributed by atoms with Gasteiger partial charge in [0.25, 0.3) is 0 Å². The zero-order valence-electron chi connectivity index (χ0n) is 10.7. The molecular weight excluding hydrogens is 226 g/mol. The van der Waals surface area contributed by atoms with Gasteiger partial charge in [0.2, 0.25) is 0 Å². The Kier molecular flexibility index (Phi) is 3.97. The van der Waals surface area contributed by atoms with Crippen LogP contribution in [-0.4, -0.2) is 17.3 Å². The monoisotopic (exact) mass is 247 g/mol. The lowest BCUT2D eigenvalue weighted by Crippen LogP contribution is -2.41. The number of ketones is 1. The molecule has 0 saturated heterocycles. The fourth-order valence-electron chi connectivity index (χ4n) is 2.80. The largest absolute Gasteiger partial charge is 0.384 e. The van der Waals surface area contributed by atoms with Gasteiger partial charge in [-0.3, -0.25) is 4.79 Å². The highest BCUT2D eigenvalue weighted by Crippen LogP contribution is 2.37. The minimum absolute atomic E-state index is 0.260. The smallest absolute Gasteiger partial charge is 0.144 e. The van der Waals surface area contributed by atoms with E-state index in [4.69, 9.17) is 11.5 Å². The van der Waals surface area contributed by atoms with Gasteiger partial charge in [0, 0.05) is 24.6 Å². The molecular formula is C14H21N3O. The zero-order valence-corrected chi connectivity index (χ0v) is 10.7. The number of rotatable bonds is 4. The fourth-order valence-corrected chi connectivity index (χ4v) is 2.80. The number of anilines is 1. The van der Waals surface area contributed by atoms with E-state index in [9.17, 15) is 4.79 Å². The molecule has 1 aliphatic carbocycles. The summed E-state index contributed by atoms with van der Waals surface area (Å²) in [4.78, 5) is 16.4. The number of aromatic nitrogens is 1. The van der Waals surface area contributed by atoms with Crippen LogP contribution in [0.25, 0.3) is 0 Å². The first kappa shape index (κ1) is 13.0. The van der Waals surface area contributed by atoms with Crippen molar-refractivity contribution in [2.24, 2.45) is 11.1 Å². The Bertz CT molecular complexity index is 425. The van der Waals surface area contributed by atoms with Crippen LogP contribution < -0.4 is 11.5 Å². The predicted molar refractivity (Wildman–Crippen MR) is 71.9 cm³/mol. The second kappa shape index (κ2) is 5.48. The molecule has 98 valence electrons. The standard InChI is InChI=1S/C14H21N3O/c15-10-14(5-2-1-3-6-14)12(18)8-11-4-7-17-13(16)9-11/h4,7,9H,1-3,5-6,8,10,15H2,(H2,16,17). The van der Waals surface area contributed by atoms with Gasteiger partial charge in [-0.05, 0) is 30.5 Å². The van der Waals surface area contributed by atoms with Crippen molar-refractivity contribution in [1.82, 2.24) is 4.98 Å². The first-order valence-corrected chi connectivity index (χ1v) is 6.60. The third kappa shape index (κ3) is 2.70. The molecule has 0 bridgehead atoms. The third-order valence-electron chi connectivity index (χ3n) is 4.00. The number of pyridine rings is 1. The van der Waals surface area contributed by atoms with Gasteiger partial charge in [-0.15, -0.1) is 0 Å². The van der Waals surface area contributed by atoms with E-state index in [1.165, 1.54) is 6.42 Å². The molecule has 1 aromatic rings. The van der Waals surface area contributed by atoms with E-state index in [0.717, 1.165) is 31.2 Å². The molecule has 1 aromatic heterocycles. The summed E-state index contributed by atoms with van der Waals surface area (Å²) in [5, 5.41) is 0. The molecule has 4 nitrogen and oxygen atoms in total. The second-order valence-electron chi connectivity index (χ2n) is 5.23. The van der Waals surface area contributed by atoms with Gasteiger partial charge in [0.15, 0.2) is 0 Å². The first-order chi connectivity index (χ1) is 8.66. The Hall–Kier alpha value is -1.42. The summed E-state index contributed by atoms with van der Waals surface area (Å²) in [6.07, 6.45) is 7.38. The Morgan fingerprint density at radius 1 is 1.33 bits per heavy atom. The van der Waals surface area contributed by atoms with E-state index in [1.807, 2.05) is 6.07 Å². The Balaban J connectivity index is 2.10. The lowest BCUT2D eigenvalue weighted by molar-refractivity contribution is -0.129. The molecule has 1 heterocycles. The molecule has 18 heavy (non-hydrogen) atoms. The van der Waals surface area contributed by atoms with Gasteiger partial charge >= 0.3 is 0 Å². The van der Waals surface area contributed by atoms with Crippen LogP contribution >= 0.6 is 0 Å². The van der Waals surface area contributed by atoms with Crippen LogP contribution in [0.15, 0.2) is 18.3 Å². The molecule has 0 atom stereocenters. The maximum Gasteiger partial charge on any atom is 0.144 e. The van der Waals surface area contributed by atoms with Crippen LogP contribution in [-0.2, 0) is 11.2 Å². The number of nitrogens with zero attached hydrogens (tertiary/aromatic N) is 1. The third-order valence-corrected chi connectivity index (χ3v) is 4.00. The Labute approximate surface area is 108 Å². The molecule has 0 amide bonds. The number of hydrogen-bond acceptors (Lipinski definition) is 4. The topological polar surface area (TPSA) is 82.0 Å². The fraction of sp³-hybridized carbons (Fsp3) is 0.571. The van der Waals surface area contributed by atoms with Gasteiger partial charge in [-0.2, -0.15) is 0 Å². The van der Waals surface area contributed by atoms with Gasteiger partial charge in [-0.25, -0.2) is 4.98 Å². The maximum atomic E-state index is 12.5. The van der Waals surface area contributed by atoms with E-state index < -0.39 is 0 Å². The van der Waals surface area contributed by atoms with Crippen molar-refractivity contribution in [3.05, 3.63) is 23.9 Å². The normalized spacial score (nSPS) is 18.5. The molecule has 0 spiro atoms. The summed E-state index contributed by atoms with van der Waals surface area (Å²) in [6.45, 7) is 0.465. The number of hydrogen-bond donors (Lipinski definition) is 2. The summed E-state index contributed by atoms with van der Waals surface area (Å²) < 4.78 is 0. The van der Waals surface area contributed by atoms with Crippen molar-refractivity contribution in [2.45, 2.75) is 38.5 Å². The van der Waals surface area contributed by atoms with Crippen molar-refractivity contribution in [2.75, 3.05) is 12.3 Å². The number of Topliss-reactive ketones (excluding diaryl/α,β-unsaturated/α-hetero) is 1. The van der Waals surface area contributed by atoms with Gasteiger partial charge < -0.3 is 11.5 Å². The van der Waals surface area contributed by atoms with Crippen LogP contribution in [0.4, 0.5) is 5.82 Å². The van der Waals surface area contributed by atoms with Crippen molar-refractivity contribution >= 4 is 11.6 Å². The van der Waals surface area contributed by atoms with Crippen LogP contribution in [0.1, 0.15) is 37.7 Å². The highest BCUT2D eigenvalue weighted by molar-refractivity contribution is 5.87. The van der Waals surface area contributed by atoms with Crippen molar-refractivity contribution in [1.29, 1.82) is 0 Å². The quantitative estimate of drug-likeness (QED) is 0.848. The molecule has 4 heteroatoms. The first-order valence-electron chi connectivity index (χ1n) is 6.60. The predicted octanol–water partition coefficient (Wildman–Crippen LogP) is 1.68. The Morgan fingerprint density at radius 2 is 2.06 bits per heavy atom. The average Bonchev–Trinajstić information content (AvgIpc) is 2.39. The molecule has 1 saturated carbocycles. The summed E-state index contributed by atoms with van der Waals surface area (Å²) in [5.41, 5.74) is 12.1. The van der Waals surface area contributed by atoms with Gasteiger partial charge in [-0.1, -0.05) is 19.3 Å². The molecule has 0 unspecified atom stereocenters. The number of carbonyl (C=O) groups excluding carboxylic acids is 1. The van der Waals surface area contributed by atoms with Crippen molar-refractivity contribution in [3.8, 4) is 0 Å². The van der Waals surface area contributed by atoms with Crippen molar-refractivity contribution < 1.29 is 4.79 Å². The lowest BCUT2D eigenvalue weighted by atomic mass is 9.70. The number of nitrogens with two attached hydrogens (primary N) is 2. The van der Waals surface area contributed by atoms with Crippen LogP contribution in [0.5, 0.6) is 0 Å². The molecule has 0 aliphatic heterocycles. The van der Waals surface area contributed by atoms with Gasteiger partial charge in [0.05, 0.1) is 0 Å². The summed E-state index contributed by atoms with van der Waals surface area (Å²) in [5.74, 6) is 0.723. The molecule has 2 rings (SSSR count). The van der Waals surface area contributed by atoms with Gasteiger partial charge in [0.1, 0.15) is 11.6 Å². The minimum atomic E-state index is -0.295. The van der Waals surface area contributed by atoms with E-state index in [-0.39, 0.29) is 11.2 Å². The second-order valence-corrected chi connectivity index (χ2v) is 5.23. The number of carbonyl (C=O) groups is 1. The highest BCUT2D eigenvalue weighted by atomic mass is 16.1. The SMILES string of the molecule is NCC1(C(=O)Cc2ccnc(N)c2)CCCCC1. The summed E-state index contributed by atoms with van der Waals surface area (Å²) in [7, 11) is 0. The highest BCUT2D eigenvalue weighted by Gasteiger charge is 2.37. The van der Waals surface area contributed by atoms with Crippen LogP contribution in [0.3, 0.4) is 0 Å². The van der Waals surface area contributed by atoms with Crippen LogP contribution in [0, 0.1) is 5.41 Å². The Morgan fingerprint density at radius 3 is 2.67 bits per heavy atom.